The van der Waals surface area contributed by atoms with E-state index in [0.717, 1.165) is 0 Å². The Labute approximate surface area is 364 Å². The van der Waals surface area contributed by atoms with Gasteiger partial charge in [0.15, 0.2) is 0 Å². The van der Waals surface area contributed by atoms with Crippen LogP contribution >= 0.6 is 0 Å². The third-order valence-electron chi connectivity index (χ3n) is 13.1. The number of benzene rings is 6. The summed E-state index contributed by atoms with van der Waals surface area (Å²) >= 11 is 0. The smallest absolute Gasteiger partial charge is 0.000719 e. The van der Waals surface area contributed by atoms with E-state index in [9.17, 15) is 0 Å². The number of rotatable bonds is 4. The minimum absolute atomic E-state index is 0.100. The topological polar surface area (TPSA) is 0 Å². The van der Waals surface area contributed by atoms with Crippen LogP contribution < -0.4 is 0 Å². The lowest BCUT2D eigenvalue weighted by Gasteiger charge is -2.40. The van der Waals surface area contributed by atoms with Crippen molar-refractivity contribution in [2.45, 2.75) is 160 Å². The van der Waals surface area contributed by atoms with Gasteiger partial charge in [0.2, 0.25) is 0 Å². The maximum Gasteiger partial charge on any atom is -0.000719 e. The first-order valence-corrected chi connectivity index (χ1v) is 22.4. The molecule has 6 aromatic carbocycles. The quantitative estimate of drug-likeness (QED) is 0.167. The normalized spacial score (nSPS) is 13.0. The molecule has 0 N–H and O–H groups in total. The van der Waals surface area contributed by atoms with Crippen molar-refractivity contribution in [2.75, 3.05) is 0 Å². The van der Waals surface area contributed by atoms with Crippen molar-refractivity contribution in [1.82, 2.24) is 0 Å². The zero-order valence-corrected chi connectivity index (χ0v) is 40.9. The van der Waals surface area contributed by atoms with Gasteiger partial charge in [0.25, 0.3) is 0 Å². The SMILES string of the molecule is Cc1cc(C)c(-c2c3c(c(-c4c(C)cc(C)cc4C(C)(C)C)c(-c4c(C)cc(C)cc4C(C)(C)C)c2-c2c(C)cc(C)cc2C(C)(C)C)-c2ccccc2-3)c(C(C)(C)C)c1. The largest absolute Gasteiger partial charge is 0.0616 e. The summed E-state index contributed by atoms with van der Waals surface area (Å²) in [6, 6.07) is 29.0. The number of hydrogen-bond acceptors (Lipinski definition) is 0. The molecule has 0 bridgehead atoms. The van der Waals surface area contributed by atoms with Crippen molar-refractivity contribution in [3.8, 4) is 66.8 Å². The Morgan fingerprint density at radius 2 is 0.450 bits per heavy atom. The molecular formula is C60H72. The van der Waals surface area contributed by atoms with E-state index in [4.69, 9.17) is 0 Å². The molecule has 0 amide bonds. The third-order valence-corrected chi connectivity index (χ3v) is 13.1. The summed E-state index contributed by atoms with van der Waals surface area (Å²) in [5.74, 6) is 0. The van der Waals surface area contributed by atoms with E-state index in [-0.39, 0.29) is 21.7 Å². The second-order valence-electron chi connectivity index (χ2n) is 22.8. The molecule has 0 unspecified atom stereocenters. The van der Waals surface area contributed by atoms with Crippen LogP contribution in [0.1, 0.15) is 150 Å². The molecule has 0 fully saturated rings. The van der Waals surface area contributed by atoms with Crippen molar-refractivity contribution in [2.24, 2.45) is 0 Å². The molecule has 0 radical (unpaired) electrons. The molecule has 60 heavy (non-hydrogen) atoms. The van der Waals surface area contributed by atoms with Crippen molar-refractivity contribution in [3.05, 3.63) is 140 Å². The van der Waals surface area contributed by atoms with Gasteiger partial charge >= 0.3 is 0 Å². The first-order chi connectivity index (χ1) is 27.6. The molecule has 1 aliphatic carbocycles. The van der Waals surface area contributed by atoms with Crippen LogP contribution in [0.15, 0.2) is 72.8 Å². The van der Waals surface area contributed by atoms with Gasteiger partial charge in [-0.25, -0.2) is 0 Å². The van der Waals surface area contributed by atoms with Gasteiger partial charge in [-0.2, -0.15) is 0 Å². The van der Waals surface area contributed by atoms with E-state index in [1.807, 2.05) is 0 Å². The van der Waals surface area contributed by atoms with Crippen LogP contribution in [-0.4, -0.2) is 0 Å². The highest BCUT2D eigenvalue weighted by Gasteiger charge is 2.41. The Hall–Kier alpha value is -4.68. The summed E-state index contributed by atoms with van der Waals surface area (Å²) in [6.45, 7) is 47.6. The minimum Gasteiger partial charge on any atom is -0.0616 e. The van der Waals surface area contributed by atoms with Crippen LogP contribution in [0, 0.1) is 55.4 Å². The fraction of sp³-hybridized carbons (Fsp3) is 0.400. The molecule has 0 saturated carbocycles. The van der Waals surface area contributed by atoms with E-state index < -0.39 is 0 Å². The Morgan fingerprint density at radius 1 is 0.250 bits per heavy atom. The molecule has 0 atom stereocenters. The number of hydrogen-bond donors (Lipinski definition) is 0. The first kappa shape index (κ1) is 43.4. The minimum atomic E-state index is -0.123. The van der Waals surface area contributed by atoms with E-state index in [2.05, 4.69) is 211 Å². The molecule has 0 aromatic heterocycles. The average molecular weight is 793 g/mol. The van der Waals surface area contributed by atoms with Gasteiger partial charge in [-0.3, -0.25) is 0 Å². The molecule has 0 aliphatic heterocycles. The summed E-state index contributed by atoms with van der Waals surface area (Å²) in [7, 11) is 0. The van der Waals surface area contributed by atoms with Gasteiger partial charge in [-0.15, -0.1) is 0 Å². The standard InChI is InChI=1S/C60H72/c1-33-25-37(5)47(43(29-33)57(9,10)11)53-51-41-23-21-22-24-42(41)52(51)54(48-38(6)26-34(2)30-44(48)58(12,13)14)56(50-40(8)28-36(4)32-46(50)60(18,19)20)55(53)49-39(7)27-35(3)31-45(49)59(15,16)17/h21-32H,1-20H3. The average Bonchev–Trinajstić information content (AvgIpc) is 3.07. The molecule has 0 spiro atoms. The van der Waals surface area contributed by atoms with Crippen LogP contribution in [0.4, 0.5) is 0 Å². The van der Waals surface area contributed by atoms with Gasteiger partial charge in [0, 0.05) is 0 Å². The molecule has 0 nitrogen and oxygen atoms in total. The van der Waals surface area contributed by atoms with Crippen molar-refractivity contribution in [1.29, 1.82) is 0 Å². The van der Waals surface area contributed by atoms with Gasteiger partial charge < -0.3 is 0 Å². The fourth-order valence-electron chi connectivity index (χ4n) is 10.7. The Morgan fingerprint density at radius 3 is 0.650 bits per heavy atom. The number of aryl methyl sites for hydroxylation is 8. The first-order valence-electron chi connectivity index (χ1n) is 22.4. The predicted molar refractivity (Wildman–Crippen MR) is 265 cm³/mol. The van der Waals surface area contributed by atoms with E-state index >= 15 is 0 Å². The van der Waals surface area contributed by atoms with Crippen molar-refractivity contribution in [3.63, 3.8) is 0 Å². The molecule has 7 rings (SSSR count). The molecule has 0 saturated heterocycles. The Balaban J connectivity index is 1.98. The monoisotopic (exact) mass is 793 g/mol. The molecule has 0 heteroatoms. The zero-order valence-electron chi connectivity index (χ0n) is 40.9. The summed E-state index contributed by atoms with van der Waals surface area (Å²) in [6.07, 6.45) is 0. The summed E-state index contributed by atoms with van der Waals surface area (Å²) in [5, 5.41) is 0. The van der Waals surface area contributed by atoms with E-state index in [1.165, 1.54) is 134 Å². The summed E-state index contributed by atoms with van der Waals surface area (Å²) < 4.78 is 0. The molecular weight excluding hydrogens is 721 g/mol. The van der Waals surface area contributed by atoms with E-state index in [0.29, 0.717) is 0 Å². The second-order valence-corrected chi connectivity index (χ2v) is 22.8. The van der Waals surface area contributed by atoms with Crippen LogP contribution in [0.3, 0.4) is 0 Å². The summed E-state index contributed by atoms with van der Waals surface area (Å²) in [5.41, 5.74) is 32.4. The zero-order chi connectivity index (χ0) is 44.3. The Bertz CT molecular complexity index is 2540. The molecule has 312 valence electrons. The third kappa shape index (κ3) is 7.21. The molecule has 0 heterocycles. The highest BCUT2D eigenvalue weighted by atomic mass is 14.4. The fourth-order valence-corrected chi connectivity index (χ4v) is 10.7. The predicted octanol–water partition coefficient (Wildman–Crippen LogP) is 17.7. The second kappa shape index (κ2) is 14.5. The van der Waals surface area contributed by atoms with Gasteiger partial charge in [-0.05, 0) is 188 Å². The maximum absolute atomic E-state index is 2.50. The lowest BCUT2D eigenvalue weighted by atomic mass is 9.62. The van der Waals surface area contributed by atoms with Gasteiger partial charge in [0.1, 0.15) is 0 Å². The number of fused-ring (bicyclic) bond motifs is 4. The van der Waals surface area contributed by atoms with Crippen LogP contribution in [-0.2, 0) is 21.7 Å². The van der Waals surface area contributed by atoms with Gasteiger partial charge in [-0.1, -0.05) is 178 Å². The molecule has 6 aromatic rings. The molecule has 1 aliphatic rings. The van der Waals surface area contributed by atoms with Gasteiger partial charge in [0.05, 0.1) is 0 Å². The van der Waals surface area contributed by atoms with Crippen LogP contribution in [0.25, 0.3) is 66.8 Å². The highest BCUT2D eigenvalue weighted by Crippen LogP contribution is 2.65. The van der Waals surface area contributed by atoms with Crippen LogP contribution in [0.2, 0.25) is 0 Å². The lowest BCUT2D eigenvalue weighted by molar-refractivity contribution is 0.589. The maximum atomic E-state index is 2.50. The lowest BCUT2D eigenvalue weighted by Crippen LogP contribution is -2.20. The Kier molecular flexibility index (Phi) is 10.5. The van der Waals surface area contributed by atoms with Crippen LogP contribution in [0.5, 0.6) is 0 Å². The summed E-state index contributed by atoms with van der Waals surface area (Å²) in [4.78, 5) is 0. The van der Waals surface area contributed by atoms with Crippen molar-refractivity contribution >= 4 is 0 Å². The van der Waals surface area contributed by atoms with E-state index in [1.54, 1.807) is 0 Å². The highest BCUT2D eigenvalue weighted by molar-refractivity contribution is 6.23. The van der Waals surface area contributed by atoms with Crippen molar-refractivity contribution < 1.29 is 0 Å².